The van der Waals surface area contributed by atoms with Gasteiger partial charge in [0.1, 0.15) is 12.4 Å². The molecule has 2 N–H and O–H groups in total. The van der Waals surface area contributed by atoms with E-state index in [0.717, 1.165) is 31.9 Å². The molecule has 0 unspecified atom stereocenters. The maximum Gasteiger partial charge on any atom is 0.216 e. The van der Waals surface area contributed by atoms with Crippen LogP contribution in [0, 0.1) is 11.8 Å². The molecule has 21 heavy (non-hydrogen) atoms. The summed E-state index contributed by atoms with van der Waals surface area (Å²) < 4.78 is 5.78. The molecule has 1 saturated heterocycles. The first-order chi connectivity index (χ1) is 10.2. The molecule has 1 aromatic rings. The highest BCUT2D eigenvalue weighted by molar-refractivity contribution is 5.72. The van der Waals surface area contributed by atoms with E-state index in [9.17, 15) is 4.79 Å². The van der Waals surface area contributed by atoms with Gasteiger partial charge in [-0.05, 0) is 49.3 Å². The molecule has 1 aromatic heterocycles. The average molecular weight is 289 g/mol. The molecule has 0 spiro atoms. The van der Waals surface area contributed by atoms with Crippen molar-refractivity contribution in [1.82, 2.24) is 15.6 Å². The zero-order valence-electron chi connectivity index (χ0n) is 12.5. The number of carbonyl (C=O) groups excluding carboxylic acids is 1. The zero-order valence-corrected chi connectivity index (χ0v) is 12.5. The van der Waals surface area contributed by atoms with Crippen LogP contribution in [0.3, 0.4) is 0 Å². The zero-order chi connectivity index (χ0) is 14.7. The van der Waals surface area contributed by atoms with Crippen molar-refractivity contribution in [2.75, 3.05) is 19.7 Å². The van der Waals surface area contributed by atoms with E-state index in [1.165, 1.54) is 18.4 Å². The Hall–Kier alpha value is -1.62. The van der Waals surface area contributed by atoms with Crippen LogP contribution in [0.1, 0.15) is 25.3 Å². The van der Waals surface area contributed by atoms with Gasteiger partial charge < -0.3 is 15.4 Å². The number of rotatable bonds is 7. The molecule has 2 aliphatic rings. The number of hydrogen-bond acceptors (Lipinski definition) is 4. The van der Waals surface area contributed by atoms with Crippen molar-refractivity contribution in [2.45, 2.75) is 32.2 Å². The maximum absolute atomic E-state index is 10.9. The van der Waals surface area contributed by atoms with Crippen molar-refractivity contribution < 1.29 is 9.53 Å². The molecule has 5 heteroatoms. The van der Waals surface area contributed by atoms with Gasteiger partial charge in [-0.25, -0.2) is 0 Å². The third-order valence-corrected chi connectivity index (χ3v) is 4.33. The van der Waals surface area contributed by atoms with Gasteiger partial charge in [-0.2, -0.15) is 0 Å². The first-order valence-corrected chi connectivity index (χ1v) is 7.75. The highest BCUT2D eigenvalue weighted by atomic mass is 16.5. The number of nitrogens with zero attached hydrogens (tertiary/aromatic N) is 1. The lowest BCUT2D eigenvalue weighted by atomic mass is 10.1. The van der Waals surface area contributed by atoms with Gasteiger partial charge in [-0.15, -0.1) is 0 Å². The molecule has 0 radical (unpaired) electrons. The molecule has 0 aromatic carbocycles. The maximum atomic E-state index is 10.9. The van der Waals surface area contributed by atoms with E-state index < -0.39 is 0 Å². The van der Waals surface area contributed by atoms with Crippen molar-refractivity contribution >= 4 is 5.91 Å². The topological polar surface area (TPSA) is 63.2 Å². The smallest absolute Gasteiger partial charge is 0.216 e. The van der Waals surface area contributed by atoms with Crippen molar-refractivity contribution in [3.63, 3.8) is 0 Å². The Morgan fingerprint density at radius 1 is 1.48 bits per heavy atom. The molecule has 1 aliphatic carbocycles. The first kappa shape index (κ1) is 14.3. The lowest BCUT2D eigenvalue weighted by molar-refractivity contribution is -0.119. The van der Waals surface area contributed by atoms with Gasteiger partial charge in [0.25, 0.3) is 0 Å². The molecule has 0 bridgehead atoms. The summed E-state index contributed by atoms with van der Waals surface area (Å²) in [5.74, 6) is 2.21. The van der Waals surface area contributed by atoms with Crippen LogP contribution in [0.2, 0.25) is 0 Å². The Balaban J connectivity index is 1.44. The third kappa shape index (κ3) is 4.17. The number of pyridine rings is 1. The second-order valence-corrected chi connectivity index (χ2v) is 6.18. The standard InChI is InChI=1S/C16H23N3O2/c1-11(20)19-8-14-6-13(14)4-12-5-16(9-17-7-12)21-10-15-2-3-18-15/h5,7,9,13-15,18H,2-4,6,8,10H2,1H3,(H,19,20)/t13-,14+,15+/m1/s1. The van der Waals surface area contributed by atoms with Crippen molar-refractivity contribution in [3.8, 4) is 5.75 Å². The van der Waals surface area contributed by atoms with Crippen LogP contribution in [0.5, 0.6) is 5.75 Å². The Morgan fingerprint density at radius 3 is 3.05 bits per heavy atom. The fraction of sp³-hybridized carbons (Fsp3) is 0.625. The van der Waals surface area contributed by atoms with E-state index in [1.807, 2.05) is 6.20 Å². The number of nitrogens with one attached hydrogen (secondary N) is 2. The van der Waals surface area contributed by atoms with Crippen molar-refractivity contribution in [3.05, 3.63) is 24.0 Å². The van der Waals surface area contributed by atoms with E-state index in [4.69, 9.17) is 4.74 Å². The number of ether oxygens (including phenoxy) is 1. The summed E-state index contributed by atoms with van der Waals surface area (Å²) in [4.78, 5) is 15.2. The minimum absolute atomic E-state index is 0.0577. The second kappa shape index (κ2) is 6.43. The highest BCUT2D eigenvalue weighted by Gasteiger charge is 2.36. The predicted octanol–water partition coefficient (Wildman–Crippen LogP) is 1.14. The molecule has 1 saturated carbocycles. The summed E-state index contributed by atoms with van der Waals surface area (Å²) in [6.45, 7) is 4.19. The normalized spacial score (nSPS) is 26.8. The van der Waals surface area contributed by atoms with Crippen LogP contribution in [0.25, 0.3) is 0 Å². The molecule has 114 valence electrons. The van der Waals surface area contributed by atoms with Gasteiger partial charge in [0.15, 0.2) is 0 Å². The van der Waals surface area contributed by atoms with Crippen LogP contribution in [-0.2, 0) is 11.2 Å². The van der Waals surface area contributed by atoms with Crippen LogP contribution in [0.15, 0.2) is 18.5 Å². The second-order valence-electron chi connectivity index (χ2n) is 6.18. The van der Waals surface area contributed by atoms with E-state index >= 15 is 0 Å². The molecule has 1 amide bonds. The van der Waals surface area contributed by atoms with Gasteiger partial charge in [-0.3, -0.25) is 9.78 Å². The number of hydrogen-bond donors (Lipinski definition) is 2. The average Bonchev–Trinajstić information content (AvgIpc) is 3.13. The number of amides is 1. The molecule has 5 nitrogen and oxygen atoms in total. The summed E-state index contributed by atoms with van der Waals surface area (Å²) >= 11 is 0. The third-order valence-electron chi connectivity index (χ3n) is 4.33. The summed E-state index contributed by atoms with van der Waals surface area (Å²) in [6.07, 6.45) is 7.11. The predicted molar refractivity (Wildman–Crippen MR) is 80.1 cm³/mol. The van der Waals surface area contributed by atoms with E-state index in [-0.39, 0.29) is 5.91 Å². The number of carbonyl (C=O) groups is 1. The van der Waals surface area contributed by atoms with Crippen LogP contribution >= 0.6 is 0 Å². The molecular formula is C16H23N3O2. The van der Waals surface area contributed by atoms with Crippen LogP contribution in [-0.4, -0.2) is 36.6 Å². The lowest BCUT2D eigenvalue weighted by Crippen LogP contribution is -2.46. The van der Waals surface area contributed by atoms with Crippen LogP contribution in [0.4, 0.5) is 0 Å². The summed E-state index contributed by atoms with van der Waals surface area (Å²) in [5, 5.41) is 6.22. The first-order valence-electron chi connectivity index (χ1n) is 7.75. The Morgan fingerprint density at radius 2 is 2.33 bits per heavy atom. The number of aromatic nitrogens is 1. The molecule has 3 atom stereocenters. The molecule has 3 rings (SSSR count). The fourth-order valence-corrected chi connectivity index (χ4v) is 2.73. The Bertz CT molecular complexity index is 502. The van der Waals surface area contributed by atoms with Crippen LogP contribution < -0.4 is 15.4 Å². The molecule has 2 heterocycles. The Labute approximate surface area is 125 Å². The largest absolute Gasteiger partial charge is 0.490 e. The summed E-state index contributed by atoms with van der Waals surface area (Å²) in [7, 11) is 0. The highest BCUT2D eigenvalue weighted by Crippen LogP contribution is 2.40. The van der Waals surface area contributed by atoms with Crippen molar-refractivity contribution in [2.24, 2.45) is 11.8 Å². The minimum atomic E-state index is 0.0577. The molecule has 1 aliphatic heterocycles. The van der Waals surface area contributed by atoms with Gasteiger partial charge in [0.2, 0.25) is 5.91 Å². The van der Waals surface area contributed by atoms with Gasteiger partial charge in [-0.1, -0.05) is 0 Å². The summed E-state index contributed by atoms with van der Waals surface area (Å²) in [6, 6.07) is 2.60. The molecular weight excluding hydrogens is 266 g/mol. The fourth-order valence-electron chi connectivity index (χ4n) is 2.73. The van der Waals surface area contributed by atoms with Gasteiger partial charge in [0, 0.05) is 25.7 Å². The minimum Gasteiger partial charge on any atom is -0.490 e. The van der Waals surface area contributed by atoms with Crippen molar-refractivity contribution in [1.29, 1.82) is 0 Å². The SMILES string of the molecule is CC(=O)NC[C@@H]1C[C@H]1Cc1cncc(OC[C@@H]2CCN2)c1. The summed E-state index contributed by atoms with van der Waals surface area (Å²) in [5.41, 5.74) is 1.23. The van der Waals surface area contributed by atoms with Gasteiger partial charge in [0.05, 0.1) is 6.20 Å². The van der Waals surface area contributed by atoms with E-state index in [2.05, 4.69) is 21.7 Å². The lowest BCUT2D eigenvalue weighted by Gasteiger charge is -2.27. The molecule has 2 fully saturated rings. The van der Waals surface area contributed by atoms with E-state index in [1.54, 1.807) is 13.1 Å². The van der Waals surface area contributed by atoms with E-state index in [0.29, 0.717) is 17.9 Å². The quantitative estimate of drug-likeness (QED) is 0.790. The Kier molecular flexibility index (Phi) is 4.39. The van der Waals surface area contributed by atoms with Gasteiger partial charge >= 0.3 is 0 Å². The monoisotopic (exact) mass is 289 g/mol.